The van der Waals surface area contributed by atoms with Gasteiger partial charge >= 0.3 is 0 Å². The molecular weight excluding hydrogens is 310 g/mol. The van der Waals surface area contributed by atoms with Crippen molar-refractivity contribution in [2.75, 3.05) is 11.4 Å². The summed E-state index contributed by atoms with van der Waals surface area (Å²) in [5, 5.41) is 0. The zero-order valence-corrected chi connectivity index (χ0v) is 13.9. The molecule has 1 heterocycles. The van der Waals surface area contributed by atoms with Crippen LogP contribution in [0.15, 0.2) is 78.9 Å². The Labute approximate surface area is 147 Å². The van der Waals surface area contributed by atoms with Crippen LogP contribution in [0.3, 0.4) is 0 Å². The monoisotopic (exact) mass is 329 g/mol. The summed E-state index contributed by atoms with van der Waals surface area (Å²) >= 11 is 0. The summed E-state index contributed by atoms with van der Waals surface area (Å²) in [4.78, 5) is 14.9. The van der Waals surface area contributed by atoms with E-state index in [0.717, 1.165) is 17.7 Å². The molecule has 1 aliphatic rings. The molecule has 0 bridgehead atoms. The van der Waals surface area contributed by atoms with Crippen LogP contribution in [0.25, 0.3) is 0 Å². The van der Waals surface area contributed by atoms with Gasteiger partial charge in [-0.05, 0) is 35.7 Å². The van der Waals surface area contributed by atoms with Gasteiger partial charge in [-0.25, -0.2) is 0 Å². The smallest absolute Gasteiger partial charge is 0.262 e. The first kappa shape index (κ1) is 15.5. The van der Waals surface area contributed by atoms with Gasteiger partial charge in [0.2, 0.25) is 0 Å². The first-order valence-electron chi connectivity index (χ1n) is 8.48. The molecule has 3 heteroatoms. The van der Waals surface area contributed by atoms with E-state index >= 15 is 0 Å². The molecule has 0 aromatic heterocycles. The predicted molar refractivity (Wildman–Crippen MR) is 99.0 cm³/mol. The van der Waals surface area contributed by atoms with E-state index in [1.165, 1.54) is 5.56 Å². The second kappa shape index (κ2) is 6.81. The molecule has 4 rings (SSSR count). The summed E-state index contributed by atoms with van der Waals surface area (Å²) < 4.78 is 5.94. The number of anilines is 1. The SMILES string of the molecule is O=C(c1ccccc1OCc1ccccc1)N1CCc2ccccc21. The number of ether oxygens (including phenoxy) is 1. The van der Waals surface area contributed by atoms with Crippen LogP contribution >= 0.6 is 0 Å². The van der Waals surface area contributed by atoms with Gasteiger partial charge in [0.25, 0.3) is 5.91 Å². The summed E-state index contributed by atoms with van der Waals surface area (Å²) in [5.41, 5.74) is 3.91. The van der Waals surface area contributed by atoms with Crippen LogP contribution in [0.2, 0.25) is 0 Å². The Kier molecular flexibility index (Phi) is 4.21. The molecule has 0 unspecified atom stereocenters. The van der Waals surface area contributed by atoms with Crippen LogP contribution in [0.5, 0.6) is 5.75 Å². The van der Waals surface area contributed by atoms with Crippen LogP contribution in [0.4, 0.5) is 5.69 Å². The highest BCUT2D eigenvalue weighted by molar-refractivity contribution is 6.09. The number of carbonyl (C=O) groups is 1. The lowest BCUT2D eigenvalue weighted by atomic mass is 10.1. The molecule has 0 N–H and O–H groups in total. The van der Waals surface area contributed by atoms with E-state index in [9.17, 15) is 4.79 Å². The number of amides is 1. The van der Waals surface area contributed by atoms with Crippen molar-refractivity contribution in [1.82, 2.24) is 0 Å². The molecule has 3 aromatic carbocycles. The largest absolute Gasteiger partial charge is 0.488 e. The molecular formula is C22H19NO2. The fourth-order valence-corrected chi connectivity index (χ4v) is 3.20. The summed E-state index contributed by atoms with van der Waals surface area (Å²) in [6, 6.07) is 25.5. The topological polar surface area (TPSA) is 29.5 Å². The number of nitrogens with zero attached hydrogens (tertiary/aromatic N) is 1. The number of benzene rings is 3. The molecule has 1 amide bonds. The van der Waals surface area contributed by atoms with Crippen LogP contribution in [0.1, 0.15) is 21.5 Å². The predicted octanol–water partition coefficient (Wildman–Crippen LogP) is 4.47. The van der Waals surface area contributed by atoms with Crippen molar-refractivity contribution in [3.63, 3.8) is 0 Å². The molecule has 124 valence electrons. The standard InChI is InChI=1S/C22H19NO2/c24-22(23-15-14-18-10-4-6-12-20(18)23)19-11-5-7-13-21(19)25-16-17-8-2-1-3-9-17/h1-13H,14-16H2. The number of fused-ring (bicyclic) bond motifs is 1. The van der Waals surface area contributed by atoms with Crippen LogP contribution in [0, 0.1) is 0 Å². The normalized spacial score (nSPS) is 12.7. The van der Waals surface area contributed by atoms with E-state index in [-0.39, 0.29) is 5.91 Å². The van der Waals surface area contributed by atoms with E-state index in [4.69, 9.17) is 4.74 Å². The zero-order chi connectivity index (χ0) is 17.1. The molecule has 0 aliphatic carbocycles. The maximum absolute atomic E-state index is 13.1. The number of rotatable bonds is 4. The van der Waals surface area contributed by atoms with Crippen molar-refractivity contribution in [2.24, 2.45) is 0 Å². The molecule has 0 radical (unpaired) electrons. The maximum atomic E-state index is 13.1. The molecule has 0 saturated heterocycles. The minimum Gasteiger partial charge on any atom is -0.488 e. The second-order valence-electron chi connectivity index (χ2n) is 6.11. The lowest BCUT2D eigenvalue weighted by Crippen LogP contribution is -2.29. The van der Waals surface area contributed by atoms with Crippen molar-refractivity contribution >= 4 is 11.6 Å². The number of carbonyl (C=O) groups excluding carboxylic acids is 1. The van der Waals surface area contributed by atoms with Gasteiger partial charge in [0.15, 0.2) is 0 Å². The Hall–Kier alpha value is -3.07. The third-order valence-corrected chi connectivity index (χ3v) is 4.49. The highest BCUT2D eigenvalue weighted by atomic mass is 16.5. The Balaban J connectivity index is 1.58. The summed E-state index contributed by atoms with van der Waals surface area (Å²) in [6.07, 6.45) is 0.898. The van der Waals surface area contributed by atoms with Gasteiger partial charge in [0, 0.05) is 12.2 Å². The lowest BCUT2D eigenvalue weighted by molar-refractivity contribution is 0.0985. The highest BCUT2D eigenvalue weighted by Crippen LogP contribution is 2.31. The van der Waals surface area contributed by atoms with Crippen LogP contribution in [-0.2, 0) is 13.0 Å². The zero-order valence-electron chi connectivity index (χ0n) is 13.9. The first-order chi connectivity index (χ1) is 12.3. The minimum absolute atomic E-state index is 0.00592. The number of hydrogen-bond donors (Lipinski definition) is 0. The summed E-state index contributed by atoms with van der Waals surface area (Å²) in [5.74, 6) is 0.620. The van der Waals surface area contributed by atoms with Gasteiger partial charge in [-0.1, -0.05) is 60.7 Å². The summed E-state index contributed by atoms with van der Waals surface area (Å²) in [6.45, 7) is 1.16. The molecule has 1 aliphatic heterocycles. The van der Waals surface area contributed by atoms with Gasteiger partial charge in [-0.2, -0.15) is 0 Å². The van der Waals surface area contributed by atoms with Crippen molar-refractivity contribution < 1.29 is 9.53 Å². The number of para-hydroxylation sites is 2. The molecule has 3 nitrogen and oxygen atoms in total. The van der Waals surface area contributed by atoms with Crippen molar-refractivity contribution in [3.05, 3.63) is 95.6 Å². The van der Waals surface area contributed by atoms with Crippen LogP contribution in [-0.4, -0.2) is 12.5 Å². The van der Waals surface area contributed by atoms with E-state index < -0.39 is 0 Å². The van der Waals surface area contributed by atoms with Crippen molar-refractivity contribution in [1.29, 1.82) is 0 Å². The summed E-state index contributed by atoms with van der Waals surface area (Å²) in [7, 11) is 0. The lowest BCUT2D eigenvalue weighted by Gasteiger charge is -2.19. The fraction of sp³-hybridized carbons (Fsp3) is 0.136. The quantitative estimate of drug-likeness (QED) is 0.707. The molecule has 25 heavy (non-hydrogen) atoms. The van der Waals surface area contributed by atoms with Gasteiger partial charge in [0.1, 0.15) is 12.4 Å². The van der Waals surface area contributed by atoms with E-state index in [1.54, 1.807) is 0 Å². The molecule has 0 spiro atoms. The average Bonchev–Trinajstić information content (AvgIpc) is 3.11. The van der Waals surface area contributed by atoms with E-state index in [0.29, 0.717) is 24.5 Å². The minimum atomic E-state index is -0.00592. The molecule has 0 fully saturated rings. The Bertz CT molecular complexity index is 889. The highest BCUT2D eigenvalue weighted by Gasteiger charge is 2.26. The molecule has 0 saturated carbocycles. The maximum Gasteiger partial charge on any atom is 0.262 e. The van der Waals surface area contributed by atoms with E-state index in [1.807, 2.05) is 77.7 Å². The second-order valence-corrected chi connectivity index (χ2v) is 6.11. The Morgan fingerprint density at radius 1 is 0.880 bits per heavy atom. The van der Waals surface area contributed by atoms with Gasteiger partial charge in [-0.15, -0.1) is 0 Å². The van der Waals surface area contributed by atoms with Gasteiger partial charge in [-0.3, -0.25) is 4.79 Å². The third kappa shape index (κ3) is 3.13. The third-order valence-electron chi connectivity index (χ3n) is 4.49. The molecule has 3 aromatic rings. The molecule has 0 atom stereocenters. The Morgan fingerprint density at radius 2 is 1.60 bits per heavy atom. The Morgan fingerprint density at radius 3 is 2.48 bits per heavy atom. The van der Waals surface area contributed by atoms with Crippen LogP contribution < -0.4 is 9.64 Å². The van der Waals surface area contributed by atoms with Gasteiger partial charge < -0.3 is 9.64 Å². The average molecular weight is 329 g/mol. The van der Waals surface area contributed by atoms with Gasteiger partial charge in [0.05, 0.1) is 5.56 Å². The number of hydrogen-bond acceptors (Lipinski definition) is 2. The van der Waals surface area contributed by atoms with Crippen molar-refractivity contribution in [3.8, 4) is 5.75 Å². The van der Waals surface area contributed by atoms with Crippen molar-refractivity contribution in [2.45, 2.75) is 13.0 Å². The fourth-order valence-electron chi connectivity index (χ4n) is 3.20. The van der Waals surface area contributed by atoms with E-state index in [2.05, 4.69) is 6.07 Å². The first-order valence-corrected chi connectivity index (χ1v) is 8.48.